The van der Waals surface area contributed by atoms with Crippen molar-refractivity contribution in [3.63, 3.8) is 0 Å². The number of allylic oxidation sites excluding steroid dienone is 1. The van der Waals surface area contributed by atoms with Crippen LogP contribution in [0.4, 0.5) is 0 Å². The van der Waals surface area contributed by atoms with E-state index >= 15 is 0 Å². The number of hydrogen-bond donors (Lipinski definition) is 0. The van der Waals surface area contributed by atoms with Crippen LogP contribution in [0.3, 0.4) is 0 Å². The summed E-state index contributed by atoms with van der Waals surface area (Å²) in [6.07, 6.45) is 2.32. The predicted octanol–water partition coefficient (Wildman–Crippen LogP) is 2.96. The highest BCUT2D eigenvalue weighted by Crippen LogP contribution is 2.44. The van der Waals surface area contributed by atoms with E-state index in [-0.39, 0.29) is 29.1 Å². The normalized spacial score (nSPS) is 23.2. The molecule has 1 fully saturated rings. The molecule has 3 heterocycles. The molecule has 0 amide bonds. The van der Waals surface area contributed by atoms with Crippen molar-refractivity contribution >= 4 is 21.7 Å². The highest BCUT2D eigenvalue weighted by molar-refractivity contribution is 7.91. The number of hydrogen-bond acceptors (Lipinski definition) is 7. The molecule has 0 bridgehead atoms. The third-order valence-electron chi connectivity index (χ3n) is 6.09. The van der Waals surface area contributed by atoms with Gasteiger partial charge in [-0.3, -0.25) is 9.69 Å². The van der Waals surface area contributed by atoms with Crippen LogP contribution in [0.15, 0.2) is 36.1 Å². The minimum Gasteiger partial charge on any atom is -0.497 e. The van der Waals surface area contributed by atoms with Gasteiger partial charge in [0.2, 0.25) is 5.78 Å². The van der Waals surface area contributed by atoms with E-state index in [4.69, 9.17) is 14.2 Å². The van der Waals surface area contributed by atoms with Gasteiger partial charge in [-0.15, -0.1) is 0 Å². The Morgan fingerprint density at radius 2 is 2.00 bits per heavy atom. The minimum atomic E-state index is -3.00. The molecule has 0 spiro atoms. The van der Waals surface area contributed by atoms with Gasteiger partial charge in [0.05, 0.1) is 29.7 Å². The lowest BCUT2D eigenvalue weighted by Crippen LogP contribution is -2.41. The van der Waals surface area contributed by atoms with Gasteiger partial charge >= 0.3 is 0 Å². The van der Waals surface area contributed by atoms with Crippen molar-refractivity contribution in [2.75, 3.05) is 25.3 Å². The first-order chi connectivity index (χ1) is 14.8. The standard InChI is InChI=1S/C23H23NO6S/c1-14-9-19-18(11-24(13-29-19)16-7-8-31(26,27)12-16)23-21(14)22(25)20(30-23)10-15-3-5-17(28-2)6-4-15/h3-6,9-10,16H,7-8,11-13H2,1-2H3/t16-/m0/s1. The van der Waals surface area contributed by atoms with Gasteiger partial charge in [-0.1, -0.05) is 12.1 Å². The van der Waals surface area contributed by atoms with Crippen LogP contribution in [0.2, 0.25) is 0 Å². The Hall–Kier alpha value is -2.84. The van der Waals surface area contributed by atoms with Gasteiger partial charge in [0.15, 0.2) is 15.6 Å². The Morgan fingerprint density at radius 1 is 1.23 bits per heavy atom. The molecule has 1 saturated heterocycles. The van der Waals surface area contributed by atoms with Crippen LogP contribution in [0, 0.1) is 6.92 Å². The summed E-state index contributed by atoms with van der Waals surface area (Å²) in [5.41, 5.74) is 2.97. The molecule has 0 aromatic heterocycles. The second-order valence-corrected chi connectivity index (χ2v) is 10.4. The molecule has 2 aromatic carbocycles. The first-order valence-corrected chi connectivity index (χ1v) is 12.0. The van der Waals surface area contributed by atoms with Crippen molar-refractivity contribution in [3.05, 3.63) is 58.3 Å². The average Bonchev–Trinajstić information content (AvgIpc) is 3.28. The van der Waals surface area contributed by atoms with E-state index in [9.17, 15) is 13.2 Å². The van der Waals surface area contributed by atoms with Crippen LogP contribution in [0.1, 0.15) is 33.5 Å². The number of carbonyl (C=O) groups excluding carboxylic acids is 1. The van der Waals surface area contributed by atoms with Gasteiger partial charge in [0.25, 0.3) is 0 Å². The highest BCUT2D eigenvalue weighted by Gasteiger charge is 2.39. The number of Topliss-reactive ketones (excluding diaryl/α,β-unsaturated/α-hetero) is 1. The van der Waals surface area contributed by atoms with Crippen LogP contribution < -0.4 is 14.2 Å². The van der Waals surface area contributed by atoms with Crippen LogP contribution in [-0.4, -0.2) is 50.5 Å². The fourth-order valence-corrected chi connectivity index (χ4v) is 6.16. The molecule has 162 valence electrons. The van der Waals surface area contributed by atoms with E-state index in [0.717, 1.165) is 22.4 Å². The fourth-order valence-electron chi connectivity index (χ4n) is 4.40. The summed E-state index contributed by atoms with van der Waals surface area (Å²) in [5, 5.41) is 0. The summed E-state index contributed by atoms with van der Waals surface area (Å²) in [4.78, 5) is 15.1. The predicted molar refractivity (Wildman–Crippen MR) is 115 cm³/mol. The van der Waals surface area contributed by atoms with Gasteiger partial charge in [-0.05, 0) is 48.7 Å². The van der Waals surface area contributed by atoms with Crippen molar-refractivity contribution < 1.29 is 27.4 Å². The Kier molecular flexibility index (Phi) is 4.79. The molecule has 1 atom stereocenters. The molecule has 8 heteroatoms. The number of methoxy groups -OCH3 is 1. The van der Waals surface area contributed by atoms with Gasteiger partial charge in [0, 0.05) is 12.6 Å². The van der Waals surface area contributed by atoms with E-state index in [1.165, 1.54) is 0 Å². The van der Waals surface area contributed by atoms with E-state index in [2.05, 4.69) is 0 Å². The van der Waals surface area contributed by atoms with Gasteiger partial charge < -0.3 is 14.2 Å². The molecule has 0 unspecified atom stereocenters. The molecular formula is C23H23NO6S. The average molecular weight is 442 g/mol. The molecular weight excluding hydrogens is 418 g/mol. The van der Waals surface area contributed by atoms with Crippen molar-refractivity contribution in [2.45, 2.75) is 25.9 Å². The molecule has 31 heavy (non-hydrogen) atoms. The molecule has 0 aliphatic carbocycles. The van der Waals surface area contributed by atoms with Crippen LogP contribution in [0.5, 0.6) is 17.2 Å². The molecule has 0 N–H and O–H groups in total. The first kappa shape index (κ1) is 20.1. The molecule has 2 aromatic rings. The Bertz CT molecular complexity index is 1200. The molecule has 5 rings (SSSR count). The third-order valence-corrected chi connectivity index (χ3v) is 7.84. The zero-order valence-electron chi connectivity index (χ0n) is 17.4. The zero-order valence-corrected chi connectivity index (χ0v) is 18.2. The van der Waals surface area contributed by atoms with E-state index < -0.39 is 9.84 Å². The first-order valence-electron chi connectivity index (χ1n) is 10.2. The Balaban J connectivity index is 1.47. The number of carbonyl (C=O) groups is 1. The van der Waals surface area contributed by atoms with Crippen molar-refractivity contribution in [2.24, 2.45) is 0 Å². The van der Waals surface area contributed by atoms with Crippen LogP contribution in [-0.2, 0) is 16.4 Å². The monoisotopic (exact) mass is 441 g/mol. The van der Waals surface area contributed by atoms with E-state index in [1.54, 1.807) is 13.2 Å². The van der Waals surface area contributed by atoms with Crippen LogP contribution >= 0.6 is 0 Å². The number of fused-ring (bicyclic) bond motifs is 3. The topological polar surface area (TPSA) is 82.1 Å². The third kappa shape index (κ3) is 3.59. The second kappa shape index (κ2) is 7.39. The number of ether oxygens (including phenoxy) is 3. The second-order valence-electron chi connectivity index (χ2n) is 8.16. The van der Waals surface area contributed by atoms with Crippen molar-refractivity contribution in [1.29, 1.82) is 0 Å². The Morgan fingerprint density at radius 3 is 2.68 bits per heavy atom. The lowest BCUT2D eigenvalue weighted by Gasteiger charge is -2.33. The van der Waals surface area contributed by atoms with Crippen LogP contribution in [0.25, 0.3) is 6.08 Å². The minimum absolute atomic E-state index is 0.0819. The van der Waals surface area contributed by atoms with Crippen molar-refractivity contribution in [1.82, 2.24) is 4.90 Å². The summed E-state index contributed by atoms with van der Waals surface area (Å²) in [7, 11) is -1.40. The number of rotatable bonds is 3. The Labute approximate surface area is 181 Å². The number of sulfone groups is 1. The van der Waals surface area contributed by atoms with Gasteiger partial charge in [-0.25, -0.2) is 8.42 Å². The maximum Gasteiger partial charge on any atom is 0.232 e. The quantitative estimate of drug-likeness (QED) is 0.678. The lowest BCUT2D eigenvalue weighted by atomic mass is 9.98. The smallest absolute Gasteiger partial charge is 0.232 e. The summed E-state index contributed by atoms with van der Waals surface area (Å²) in [6, 6.07) is 9.16. The molecule has 3 aliphatic rings. The molecule has 3 aliphatic heterocycles. The molecule has 0 radical (unpaired) electrons. The summed E-state index contributed by atoms with van der Waals surface area (Å²) < 4.78 is 41.0. The number of aryl methyl sites for hydroxylation is 1. The fraction of sp³-hybridized carbons (Fsp3) is 0.348. The van der Waals surface area contributed by atoms with E-state index in [0.29, 0.717) is 36.8 Å². The molecule has 0 saturated carbocycles. The number of benzene rings is 2. The molecule has 7 nitrogen and oxygen atoms in total. The number of nitrogens with zero attached hydrogens (tertiary/aromatic N) is 1. The summed E-state index contributed by atoms with van der Waals surface area (Å²) in [6.45, 7) is 2.69. The summed E-state index contributed by atoms with van der Waals surface area (Å²) >= 11 is 0. The van der Waals surface area contributed by atoms with Gasteiger partial charge in [-0.2, -0.15) is 0 Å². The van der Waals surface area contributed by atoms with Crippen molar-refractivity contribution in [3.8, 4) is 17.2 Å². The number of ketones is 1. The summed E-state index contributed by atoms with van der Waals surface area (Å²) in [5.74, 6) is 2.39. The lowest BCUT2D eigenvalue weighted by molar-refractivity contribution is 0.0633. The zero-order chi connectivity index (χ0) is 21.8. The van der Waals surface area contributed by atoms with E-state index in [1.807, 2.05) is 42.2 Å². The van der Waals surface area contributed by atoms with Gasteiger partial charge in [0.1, 0.15) is 24.0 Å². The maximum atomic E-state index is 13.1. The largest absolute Gasteiger partial charge is 0.497 e. The SMILES string of the molecule is COc1ccc(C=C2Oc3c4c(cc(C)c3C2=O)OCN([C@H]2CCS(=O)(=O)C2)C4)cc1. The highest BCUT2D eigenvalue weighted by atomic mass is 32.2. The maximum absolute atomic E-state index is 13.1.